The third kappa shape index (κ3) is 2.01. The van der Waals surface area contributed by atoms with Gasteiger partial charge < -0.3 is 0 Å². The number of hydrogen-bond donors (Lipinski definition) is 0. The van der Waals surface area contributed by atoms with E-state index in [0.29, 0.717) is 5.92 Å². The highest BCUT2D eigenvalue weighted by Gasteiger charge is 2.09. The molecule has 2 rings (SSSR count). The van der Waals surface area contributed by atoms with Crippen LogP contribution in [0.4, 0.5) is 0 Å². The first kappa shape index (κ1) is 10.2. The fourth-order valence-electron chi connectivity index (χ4n) is 2.11. The normalized spacial score (nSPS) is 12.9. The van der Waals surface area contributed by atoms with Crippen molar-refractivity contribution in [1.82, 2.24) is 4.98 Å². The first-order valence-corrected chi connectivity index (χ1v) is 5.66. The molecule has 0 saturated carbocycles. The van der Waals surface area contributed by atoms with Crippen molar-refractivity contribution in [2.75, 3.05) is 0 Å². The minimum absolute atomic E-state index is 0.557. The standard InChI is InChI=1S/C14H17N/c1-3-6-11(2)14-13-8-5-4-7-12(13)9-10-15-14/h4-5,7-11H,3,6H2,1-2H3. The Kier molecular flexibility index (Phi) is 3.00. The Hall–Kier alpha value is -1.37. The largest absolute Gasteiger partial charge is 0.260 e. The van der Waals surface area contributed by atoms with Gasteiger partial charge in [0.25, 0.3) is 0 Å². The van der Waals surface area contributed by atoms with Crippen molar-refractivity contribution in [1.29, 1.82) is 0 Å². The Bertz CT molecular complexity index is 443. The molecule has 78 valence electrons. The van der Waals surface area contributed by atoms with Crippen LogP contribution in [-0.4, -0.2) is 4.98 Å². The van der Waals surface area contributed by atoms with E-state index in [-0.39, 0.29) is 0 Å². The SMILES string of the molecule is CCCC(C)c1nccc2ccccc12. The first-order chi connectivity index (χ1) is 7.33. The van der Waals surface area contributed by atoms with Gasteiger partial charge in [-0.1, -0.05) is 44.5 Å². The number of hydrogen-bond acceptors (Lipinski definition) is 1. The van der Waals surface area contributed by atoms with Crippen molar-refractivity contribution in [3.63, 3.8) is 0 Å². The molecule has 1 unspecified atom stereocenters. The molecule has 0 aliphatic carbocycles. The van der Waals surface area contributed by atoms with Gasteiger partial charge >= 0.3 is 0 Å². The maximum absolute atomic E-state index is 4.53. The quantitative estimate of drug-likeness (QED) is 0.724. The summed E-state index contributed by atoms with van der Waals surface area (Å²) in [5.41, 5.74) is 1.25. The Balaban J connectivity index is 2.50. The van der Waals surface area contributed by atoms with Crippen LogP contribution in [0.1, 0.15) is 38.3 Å². The zero-order chi connectivity index (χ0) is 10.7. The summed E-state index contributed by atoms with van der Waals surface area (Å²) >= 11 is 0. The number of fused-ring (bicyclic) bond motifs is 1. The van der Waals surface area contributed by atoms with Crippen LogP contribution in [0.25, 0.3) is 10.8 Å². The molecule has 1 aromatic heterocycles. The van der Waals surface area contributed by atoms with E-state index in [1.54, 1.807) is 0 Å². The fraction of sp³-hybridized carbons (Fsp3) is 0.357. The average Bonchev–Trinajstić information content (AvgIpc) is 2.28. The van der Waals surface area contributed by atoms with Crippen LogP contribution in [-0.2, 0) is 0 Å². The molecule has 1 heteroatoms. The van der Waals surface area contributed by atoms with Gasteiger partial charge in [-0.3, -0.25) is 4.98 Å². The van der Waals surface area contributed by atoms with Crippen LogP contribution in [0.15, 0.2) is 36.5 Å². The highest BCUT2D eigenvalue weighted by atomic mass is 14.7. The van der Waals surface area contributed by atoms with E-state index in [9.17, 15) is 0 Å². The topological polar surface area (TPSA) is 12.9 Å². The van der Waals surface area contributed by atoms with Crippen molar-refractivity contribution in [3.8, 4) is 0 Å². The molecule has 0 spiro atoms. The smallest absolute Gasteiger partial charge is 0.0509 e. The summed E-state index contributed by atoms with van der Waals surface area (Å²) in [6, 6.07) is 10.6. The molecule has 0 amide bonds. The molecule has 1 aromatic carbocycles. The highest BCUT2D eigenvalue weighted by Crippen LogP contribution is 2.25. The van der Waals surface area contributed by atoms with Crippen LogP contribution in [0.5, 0.6) is 0 Å². The maximum atomic E-state index is 4.53. The van der Waals surface area contributed by atoms with Gasteiger partial charge in [-0.05, 0) is 23.8 Å². The Labute approximate surface area is 91.2 Å². The van der Waals surface area contributed by atoms with Crippen molar-refractivity contribution in [3.05, 3.63) is 42.2 Å². The number of benzene rings is 1. The average molecular weight is 199 g/mol. The number of aromatic nitrogens is 1. The molecule has 1 atom stereocenters. The molecule has 0 radical (unpaired) electrons. The molecule has 1 heterocycles. The summed E-state index contributed by atoms with van der Waals surface area (Å²) in [5, 5.41) is 2.60. The Morgan fingerprint density at radius 1 is 1.20 bits per heavy atom. The zero-order valence-corrected chi connectivity index (χ0v) is 9.40. The lowest BCUT2D eigenvalue weighted by atomic mass is 9.97. The predicted octanol–water partition coefficient (Wildman–Crippen LogP) is 4.14. The number of nitrogens with zero attached hydrogens (tertiary/aromatic N) is 1. The molecule has 0 aliphatic rings. The van der Waals surface area contributed by atoms with Gasteiger partial charge in [-0.15, -0.1) is 0 Å². The van der Waals surface area contributed by atoms with Crippen molar-refractivity contribution < 1.29 is 0 Å². The lowest BCUT2D eigenvalue weighted by Gasteiger charge is -2.12. The van der Waals surface area contributed by atoms with Crippen LogP contribution in [0.2, 0.25) is 0 Å². The molecular weight excluding hydrogens is 182 g/mol. The Morgan fingerprint density at radius 3 is 2.80 bits per heavy atom. The fourth-order valence-corrected chi connectivity index (χ4v) is 2.11. The van der Waals surface area contributed by atoms with E-state index in [0.717, 1.165) is 0 Å². The zero-order valence-electron chi connectivity index (χ0n) is 9.40. The van der Waals surface area contributed by atoms with Crippen molar-refractivity contribution in [2.45, 2.75) is 32.6 Å². The van der Waals surface area contributed by atoms with Crippen LogP contribution in [0, 0.1) is 0 Å². The van der Waals surface area contributed by atoms with Gasteiger partial charge in [0, 0.05) is 11.6 Å². The van der Waals surface area contributed by atoms with Crippen LogP contribution < -0.4 is 0 Å². The molecule has 0 fully saturated rings. The molecule has 15 heavy (non-hydrogen) atoms. The summed E-state index contributed by atoms with van der Waals surface area (Å²) < 4.78 is 0. The molecule has 0 aliphatic heterocycles. The van der Waals surface area contributed by atoms with E-state index in [2.05, 4.69) is 49.2 Å². The maximum Gasteiger partial charge on any atom is 0.0509 e. The minimum atomic E-state index is 0.557. The van der Waals surface area contributed by atoms with E-state index < -0.39 is 0 Å². The summed E-state index contributed by atoms with van der Waals surface area (Å²) in [5.74, 6) is 0.557. The third-order valence-electron chi connectivity index (χ3n) is 2.89. The van der Waals surface area contributed by atoms with E-state index in [4.69, 9.17) is 0 Å². The van der Waals surface area contributed by atoms with Crippen molar-refractivity contribution >= 4 is 10.8 Å². The van der Waals surface area contributed by atoms with Crippen molar-refractivity contribution in [2.24, 2.45) is 0 Å². The van der Waals surface area contributed by atoms with Crippen LogP contribution in [0.3, 0.4) is 0 Å². The Morgan fingerprint density at radius 2 is 2.00 bits per heavy atom. The summed E-state index contributed by atoms with van der Waals surface area (Å²) in [7, 11) is 0. The second kappa shape index (κ2) is 4.43. The molecule has 0 bridgehead atoms. The predicted molar refractivity (Wildman–Crippen MR) is 65.1 cm³/mol. The third-order valence-corrected chi connectivity index (χ3v) is 2.89. The highest BCUT2D eigenvalue weighted by molar-refractivity contribution is 5.84. The van der Waals surface area contributed by atoms with Gasteiger partial charge in [0.15, 0.2) is 0 Å². The summed E-state index contributed by atoms with van der Waals surface area (Å²) in [6.07, 6.45) is 4.34. The number of rotatable bonds is 3. The second-order valence-corrected chi connectivity index (χ2v) is 4.11. The van der Waals surface area contributed by atoms with Crippen LogP contribution >= 0.6 is 0 Å². The molecule has 1 nitrogen and oxygen atoms in total. The van der Waals surface area contributed by atoms with E-state index in [1.165, 1.54) is 29.3 Å². The van der Waals surface area contributed by atoms with Gasteiger partial charge in [-0.2, -0.15) is 0 Å². The lowest BCUT2D eigenvalue weighted by Crippen LogP contribution is -1.97. The molecular formula is C14H17N. The van der Waals surface area contributed by atoms with Gasteiger partial charge in [0.1, 0.15) is 0 Å². The first-order valence-electron chi connectivity index (χ1n) is 5.66. The minimum Gasteiger partial charge on any atom is -0.260 e. The lowest BCUT2D eigenvalue weighted by molar-refractivity contribution is 0.653. The summed E-state index contributed by atoms with van der Waals surface area (Å²) in [4.78, 5) is 4.53. The van der Waals surface area contributed by atoms with Gasteiger partial charge in [0.2, 0.25) is 0 Å². The van der Waals surface area contributed by atoms with Gasteiger partial charge in [-0.25, -0.2) is 0 Å². The van der Waals surface area contributed by atoms with E-state index >= 15 is 0 Å². The van der Waals surface area contributed by atoms with Gasteiger partial charge in [0.05, 0.1) is 5.69 Å². The molecule has 0 saturated heterocycles. The summed E-state index contributed by atoms with van der Waals surface area (Å²) in [6.45, 7) is 4.49. The molecule has 0 N–H and O–H groups in total. The van der Waals surface area contributed by atoms with E-state index in [1.807, 2.05) is 6.20 Å². The monoisotopic (exact) mass is 199 g/mol. The second-order valence-electron chi connectivity index (χ2n) is 4.11. The number of pyridine rings is 1. The molecule has 2 aromatic rings.